The fraction of sp³-hybridized carbons (Fsp3) is 0.333. The van der Waals surface area contributed by atoms with Crippen molar-refractivity contribution in [3.8, 4) is 0 Å². The summed E-state index contributed by atoms with van der Waals surface area (Å²) in [6.07, 6.45) is 1.74. The zero-order valence-corrected chi connectivity index (χ0v) is 12.3. The number of rotatable bonds is 6. The van der Waals surface area contributed by atoms with Gasteiger partial charge >= 0.3 is 0 Å². The summed E-state index contributed by atoms with van der Waals surface area (Å²) in [6, 6.07) is 6.48. The summed E-state index contributed by atoms with van der Waals surface area (Å²) < 4.78 is 13.2. The minimum atomic E-state index is -0.246. The molecule has 0 aliphatic carbocycles. The van der Waals surface area contributed by atoms with E-state index in [2.05, 4.69) is 27.6 Å². The average Bonchev–Trinajstić information content (AvgIpc) is 2.48. The number of nitrogens with two attached hydrogens (primary N) is 1. The Bertz CT molecular complexity index is 615. The largest absolute Gasteiger partial charge is 0.366 e. The molecule has 1 heterocycles. The fourth-order valence-corrected chi connectivity index (χ4v) is 2.04. The van der Waals surface area contributed by atoms with Gasteiger partial charge < -0.3 is 10.7 Å². The first-order valence-electron chi connectivity index (χ1n) is 6.96. The van der Waals surface area contributed by atoms with E-state index < -0.39 is 0 Å². The van der Waals surface area contributed by atoms with Gasteiger partial charge in [0.25, 0.3) is 0 Å². The zero-order valence-electron chi connectivity index (χ0n) is 12.3. The van der Waals surface area contributed by atoms with Gasteiger partial charge in [0.1, 0.15) is 23.3 Å². The van der Waals surface area contributed by atoms with Gasteiger partial charge in [0.05, 0.1) is 0 Å². The first-order chi connectivity index (χ1) is 10.1. The summed E-state index contributed by atoms with van der Waals surface area (Å²) in [5.74, 6) is 7.30. The summed E-state index contributed by atoms with van der Waals surface area (Å²) in [7, 11) is 0. The highest BCUT2D eigenvalue weighted by Gasteiger charge is 2.09. The highest BCUT2D eigenvalue weighted by Crippen LogP contribution is 2.20. The summed E-state index contributed by atoms with van der Waals surface area (Å²) >= 11 is 0. The lowest BCUT2D eigenvalue weighted by Crippen LogP contribution is -2.15. The van der Waals surface area contributed by atoms with Crippen LogP contribution in [-0.2, 0) is 13.0 Å². The van der Waals surface area contributed by atoms with Crippen molar-refractivity contribution >= 4 is 11.6 Å². The van der Waals surface area contributed by atoms with Crippen molar-refractivity contribution in [2.45, 2.75) is 33.2 Å². The van der Waals surface area contributed by atoms with Crippen LogP contribution in [0.5, 0.6) is 0 Å². The lowest BCUT2D eigenvalue weighted by molar-refractivity contribution is 0.626. The second-order valence-corrected chi connectivity index (χ2v) is 4.84. The third-order valence-corrected chi connectivity index (χ3v) is 3.15. The highest BCUT2D eigenvalue weighted by atomic mass is 19.1. The van der Waals surface area contributed by atoms with Crippen LogP contribution in [-0.4, -0.2) is 9.97 Å². The minimum absolute atomic E-state index is 0.246. The molecule has 1 aromatic heterocycles. The smallest absolute Gasteiger partial charge is 0.148 e. The molecular weight excluding hydrogens is 269 g/mol. The summed E-state index contributed by atoms with van der Waals surface area (Å²) in [5.41, 5.74) is 4.29. The monoisotopic (exact) mass is 289 g/mol. The van der Waals surface area contributed by atoms with E-state index in [0.29, 0.717) is 18.2 Å². The van der Waals surface area contributed by atoms with Crippen LogP contribution in [0.1, 0.15) is 30.3 Å². The molecule has 0 spiro atoms. The van der Waals surface area contributed by atoms with E-state index in [1.807, 2.05) is 13.0 Å². The van der Waals surface area contributed by atoms with Gasteiger partial charge in [0.2, 0.25) is 0 Å². The van der Waals surface area contributed by atoms with Crippen molar-refractivity contribution < 1.29 is 4.39 Å². The molecule has 4 N–H and O–H groups in total. The number of aromatic nitrogens is 2. The summed E-state index contributed by atoms with van der Waals surface area (Å²) in [4.78, 5) is 8.86. The molecule has 0 saturated heterocycles. The number of nitrogens with one attached hydrogen (secondary N) is 2. The molecule has 0 aliphatic rings. The number of anilines is 2. The number of nitrogens with zero attached hydrogens (tertiary/aromatic N) is 2. The number of hydrogen-bond acceptors (Lipinski definition) is 5. The van der Waals surface area contributed by atoms with E-state index in [1.54, 1.807) is 6.07 Å². The van der Waals surface area contributed by atoms with E-state index in [4.69, 9.17) is 5.84 Å². The van der Waals surface area contributed by atoms with Crippen LogP contribution in [0.3, 0.4) is 0 Å². The molecule has 0 bridgehead atoms. The molecule has 0 radical (unpaired) electrons. The molecule has 6 heteroatoms. The van der Waals surface area contributed by atoms with Crippen LogP contribution in [0.2, 0.25) is 0 Å². The van der Waals surface area contributed by atoms with Crippen LogP contribution < -0.4 is 16.6 Å². The van der Waals surface area contributed by atoms with Crippen LogP contribution in [0.15, 0.2) is 24.3 Å². The SMILES string of the molecule is CCCc1nc(NN)c(C)c(NCc2cccc(F)c2)n1. The molecule has 21 heavy (non-hydrogen) atoms. The summed E-state index contributed by atoms with van der Waals surface area (Å²) in [6.45, 7) is 4.45. The van der Waals surface area contributed by atoms with E-state index in [0.717, 1.165) is 29.8 Å². The predicted molar refractivity (Wildman–Crippen MR) is 82.3 cm³/mol. The highest BCUT2D eigenvalue weighted by molar-refractivity contribution is 5.56. The average molecular weight is 289 g/mol. The standard InChI is InChI=1S/C15H20FN5/c1-3-5-13-19-14(10(2)15(20-13)21-17)18-9-11-6-4-7-12(16)8-11/h4,6-8H,3,5,9,17H2,1-2H3,(H2,18,19,20,21). The number of hydrazine groups is 1. The molecule has 0 atom stereocenters. The molecule has 0 fully saturated rings. The third kappa shape index (κ3) is 3.88. The van der Waals surface area contributed by atoms with Gasteiger partial charge in [-0.3, -0.25) is 0 Å². The van der Waals surface area contributed by atoms with Crippen molar-refractivity contribution in [2.24, 2.45) is 5.84 Å². The zero-order chi connectivity index (χ0) is 15.2. The molecule has 2 aromatic rings. The Kier molecular flexibility index (Phi) is 5.05. The van der Waals surface area contributed by atoms with Gasteiger partial charge in [-0.15, -0.1) is 0 Å². The lowest BCUT2D eigenvalue weighted by atomic mass is 10.2. The van der Waals surface area contributed by atoms with Gasteiger partial charge in [-0.05, 0) is 31.0 Å². The molecular formula is C15H20FN5. The number of benzene rings is 1. The topological polar surface area (TPSA) is 75.9 Å². The van der Waals surface area contributed by atoms with Gasteiger partial charge in [0, 0.05) is 18.5 Å². The molecule has 0 amide bonds. The molecule has 1 aromatic carbocycles. The Labute approximate surface area is 123 Å². The molecule has 2 rings (SSSR count). The molecule has 5 nitrogen and oxygen atoms in total. The summed E-state index contributed by atoms with van der Waals surface area (Å²) in [5, 5.41) is 3.22. The molecule has 0 unspecified atom stereocenters. The third-order valence-electron chi connectivity index (χ3n) is 3.15. The van der Waals surface area contributed by atoms with E-state index in [9.17, 15) is 4.39 Å². The van der Waals surface area contributed by atoms with Gasteiger partial charge in [-0.25, -0.2) is 20.2 Å². The Morgan fingerprint density at radius 3 is 2.67 bits per heavy atom. The molecule has 0 saturated carbocycles. The number of aryl methyl sites for hydroxylation is 1. The van der Waals surface area contributed by atoms with Crippen molar-refractivity contribution in [1.29, 1.82) is 0 Å². The van der Waals surface area contributed by atoms with Crippen LogP contribution in [0, 0.1) is 12.7 Å². The second-order valence-electron chi connectivity index (χ2n) is 4.84. The van der Waals surface area contributed by atoms with E-state index in [-0.39, 0.29) is 5.82 Å². The number of hydrogen-bond donors (Lipinski definition) is 3. The minimum Gasteiger partial charge on any atom is -0.366 e. The Morgan fingerprint density at radius 2 is 2.00 bits per heavy atom. The fourth-order valence-electron chi connectivity index (χ4n) is 2.04. The Hall–Kier alpha value is -2.21. The van der Waals surface area contributed by atoms with E-state index in [1.165, 1.54) is 12.1 Å². The van der Waals surface area contributed by atoms with E-state index >= 15 is 0 Å². The Morgan fingerprint density at radius 1 is 1.24 bits per heavy atom. The van der Waals surface area contributed by atoms with Crippen molar-refractivity contribution in [1.82, 2.24) is 9.97 Å². The van der Waals surface area contributed by atoms with Crippen molar-refractivity contribution in [3.05, 3.63) is 47.0 Å². The second kappa shape index (κ2) is 6.99. The normalized spacial score (nSPS) is 10.5. The first kappa shape index (κ1) is 15.2. The number of nitrogen functional groups attached to an aromatic ring is 1. The number of halogens is 1. The molecule has 112 valence electrons. The maximum absolute atomic E-state index is 13.2. The van der Waals surface area contributed by atoms with Gasteiger partial charge in [-0.1, -0.05) is 19.1 Å². The molecule has 0 aliphatic heterocycles. The quantitative estimate of drug-likeness (QED) is 0.563. The van der Waals surface area contributed by atoms with Crippen LogP contribution in [0.4, 0.5) is 16.0 Å². The van der Waals surface area contributed by atoms with Gasteiger partial charge in [-0.2, -0.15) is 0 Å². The maximum atomic E-state index is 13.2. The Balaban J connectivity index is 2.20. The first-order valence-corrected chi connectivity index (χ1v) is 6.96. The predicted octanol–water partition coefficient (Wildman–Crippen LogP) is 2.77. The van der Waals surface area contributed by atoms with Gasteiger partial charge in [0.15, 0.2) is 0 Å². The lowest BCUT2D eigenvalue weighted by Gasteiger charge is -2.13. The van der Waals surface area contributed by atoms with Crippen molar-refractivity contribution in [3.63, 3.8) is 0 Å². The van der Waals surface area contributed by atoms with Crippen LogP contribution >= 0.6 is 0 Å². The van der Waals surface area contributed by atoms with Crippen molar-refractivity contribution in [2.75, 3.05) is 10.7 Å². The maximum Gasteiger partial charge on any atom is 0.148 e. The van der Waals surface area contributed by atoms with Crippen LogP contribution in [0.25, 0.3) is 0 Å².